The van der Waals surface area contributed by atoms with Crippen LogP contribution < -0.4 is 29.8 Å². The first-order chi connectivity index (χ1) is 38.0. The number of unbranched alkanes of at least 4 members (excludes halogenated alkanes) is 4. The third-order valence-electron chi connectivity index (χ3n) is 15.5. The molecule has 0 saturated heterocycles. The van der Waals surface area contributed by atoms with E-state index in [9.17, 15) is 0 Å². The standard InChI is InChI=1S/2C35H42N5.2Pt/c2*1-25-32(26-21-27(34(2,3)4)23-28(22-26)35(5,6)7)30(38-37-25)17-12-9-13-20-39-24-40(29-15-10-8-11-16-29)33-31(39)18-14-19-36-33;;/h2*8,10-11,14-15,18-19,21-24H,9,12-13,17,20H2,1-7H3;;/q2*-3;;. The second-order valence-electron chi connectivity index (χ2n) is 26.0. The predicted molar refractivity (Wildman–Crippen MR) is 332 cm³/mol. The van der Waals surface area contributed by atoms with Crippen LogP contribution in [0.25, 0.3) is 22.3 Å². The van der Waals surface area contributed by atoms with Gasteiger partial charge in [-0.05, 0) is 142 Å². The zero-order chi connectivity index (χ0) is 57.0. The molecule has 6 heterocycles. The Bertz CT molecular complexity index is 3050. The first-order valence-corrected chi connectivity index (χ1v) is 29.0. The van der Waals surface area contributed by atoms with Gasteiger partial charge in [0.2, 0.25) is 0 Å². The predicted octanol–water partition coefficient (Wildman–Crippen LogP) is 16.6. The van der Waals surface area contributed by atoms with Gasteiger partial charge >= 0.3 is 0 Å². The molecule has 0 spiro atoms. The third-order valence-corrected chi connectivity index (χ3v) is 15.5. The van der Waals surface area contributed by atoms with Crippen LogP contribution in [0, 0.1) is 39.3 Å². The van der Waals surface area contributed by atoms with Crippen LogP contribution >= 0.6 is 0 Å². The van der Waals surface area contributed by atoms with Gasteiger partial charge in [0.1, 0.15) is 11.6 Å². The summed E-state index contributed by atoms with van der Waals surface area (Å²) in [7, 11) is 0. The zero-order valence-electron chi connectivity index (χ0n) is 50.9. The van der Waals surface area contributed by atoms with E-state index in [1.807, 2.05) is 60.9 Å². The summed E-state index contributed by atoms with van der Waals surface area (Å²) in [6.07, 6.45) is 12.2. The minimum absolute atomic E-state index is 0. The van der Waals surface area contributed by atoms with Crippen LogP contribution in [0.4, 0.5) is 34.4 Å². The van der Waals surface area contributed by atoms with E-state index < -0.39 is 0 Å². The molecule has 0 fully saturated rings. The van der Waals surface area contributed by atoms with Gasteiger partial charge in [-0.25, -0.2) is 9.97 Å². The summed E-state index contributed by atoms with van der Waals surface area (Å²) in [5.74, 6) is 1.92. The molecule has 0 atom stereocenters. The number of hydrogen-bond donors (Lipinski definition) is 0. The Kier molecular flexibility index (Phi) is 20.9. The smallest absolute Gasteiger partial charge is 0.124 e. The molecule has 2 aliphatic rings. The molecule has 0 N–H and O–H groups in total. The molecule has 10 rings (SSSR count). The molecule has 2 aliphatic heterocycles. The number of hydrogen-bond acceptors (Lipinski definition) is 8. The Morgan fingerprint density at radius 2 is 0.817 bits per heavy atom. The van der Waals surface area contributed by atoms with E-state index in [0.29, 0.717) is 0 Å². The van der Waals surface area contributed by atoms with Crippen molar-refractivity contribution >= 4 is 34.4 Å². The summed E-state index contributed by atoms with van der Waals surface area (Å²) in [6, 6.07) is 45.2. The molecular weight excluding hydrogens is 1370 g/mol. The second kappa shape index (κ2) is 26.8. The van der Waals surface area contributed by atoms with Gasteiger partial charge in [0.15, 0.2) is 0 Å². The molecule has 82 heavy (non-hydrogen) atoms. The van der Waals surface area contributed by atoms with Crippen LogP contribution in [0.5, 0.6) is 0 Å². The molecule has 4 aromatic carbocycles. The van der Waals surface area contributed by atoms with E-state index >= 15 is 0 Å². The summed E-state index contributed by atoms with van der Waals surface area (Å²) in [4.78, 5) is 18.2. The number of pyridine rings is 2. The summed E-state index contributed by atoms with van der Waals surface area (Å²) in [5, 5.41) is 18.3. The molecule has 0 bridgehead atoms. The fourth-order valence-electron chi connectivity index (χ4n) is 10.7. The van der Waals surface area contributed by atoms with E-state index in [4.69, 9.17) is 0 Å². The van der Waals surface area contributed by atoms with Crippen LogP contribution in [0.3, 0.4) is 0 Å². The topological polar surface area (TPSA) is 92.7 Å². The van der Waals surface area contributed by atoms with Crippen LogP contribution in [-0.2, 0) is 76.6 Å². The minimum atomic E-state index is 0. The van der Waals surface area contributed by atoms with Crippen LogP contribution in [0.15, 0.2) is 122 Å². The number of rotatable bonds is 16. The van der Waals surface area contributed by atoms with Gasteiger partial charge in [0, 0.05) is 77.3 Å². The van der Waals surface area contributed by atoms with Crippen molar-refractivity contribution in [3.05, 3.63) is 192 Å². The van der Waals surface area contributed by atoms with Gasteiger partial charge in [-0.15, -0.1) is 22.8 Å². The Hall–Kier alpha value is -5.82. The molecule has 0 unspecified atom stereocenters. The van der Waals surface area contributed by atoms with Gasteiger partial charge in [0.05, 0.1) is 0 Å². The number of aryl methyl sites for hydroxylation is 4. The largest absolute Gasteiger partial charge is 0.578 e. The summed E-state index contributed by atoms with van der Waals surface area (Å²) < 4.78 is 0. The van der Waals surface area contributed by atoms with E-state index in [0.717, 1.165) is 122 Å². The fraction of sp³-hybridized carbons (Fsp3) is 0.400. The maximum atomic E-state index is 4.65. The van der Waals surface area contributed by atoms with Crippen molar-refractivity contribution in [2.24, 2.45) is 0 Å². The summed E-state index contributed by atoms with van der Waals surface area (Å²) in [5.41, 5.74) is 19.3. The van der Waals surface area contributed by atoms with Crippen LogP contribution in [0.1, 0.15) is 167 Å². The summed E-state index contributed by atoms with van der Waals surface area (Å²) >= 11 is 0. The number of benzene rings is 4. The molecule has 8 aromatic rings. The Morgan fingerprint density at radius 3 is 1.15 bits per heavy atom. The Labute approximate surface area is 520 Å². The molecule has 0 amide bonds. The zero-order valence-corrected chi connectivity index (χ0v) is 55.4. The number of nitrogens with zero attached hydrogens (tertiary/aromatic N) is 10. The fourth-order valence-corrected chi connectivity index (χ4v) is 10.7. The van der Waals surface area contributed by atoms with E-state index in [2.05, 4.69) is 233 Å². The quantitative estimate of drug-likeness (QED) is 0.0688. The Morgan fingerprint density at radius 1 is 0.451 bits per heavy atom. The van der Waals surface area contributed by atoms with Crippen molar-refractivity contribution in [1.82, 2.24) is 30.4 Å². The molecule has 0 saturated carbocycles. The van der Waals surface area contributed by atoms with Gasteiger partial charge in [-0.2, -0.15) is 74.0 Å². The number of anilines is 6. The van der Waals surface area contributed by atoms with Crippen molar-refractivity contribution in [3.8, 4) is 22.3 Å². The monoisotopic (exact) mass is 1450 g/mol. The molecular formula is C70H84N10Pt2-6. The van der Waals surface area contributed by atoms with Crippen LogP contribution in [0.2, 0.25) is 0 Å². The van der Waals surface area contributed by atoms with Crippen molar-refractivity contribution < 1.29 is 42.1 Å². The van der Waals surface area contributed by atoms with E-state index in [1.165, 1.54) is 44.5 Å². The Balaban J connectivity index is 0.000000230. The van der Waals surface area contributed by atoms with Crippen molar-refractivity contribution in [2.45, 2.75) is 170 Å². The molecule has 12 heteroatoms. The maximum absolute atomic E-state index is 4.65. The average Bonchev–Trinajstić information content (AvgIpc) is 4.22. The van der Waals surface area contributed by atoms with E-state index in [1.54, 1.807) is 0 Å². The van der Waals surface area contributed by atoms with Gasteiger partial charge < -0.3 is 40.0 Å². The minimum Gasteiger partial charge on any atom is -0.578 e. The van der Waals surface area contributed by atoms with Gasteiger partial charge in [-0.1, -0.05) is 146 Å². The first kappa shape index (κ1) is 63.8. The van der Waals surface area contributed by atoms with E-state index in [-0.39, 0.29) is 63.8 Å². The maximum Gasteiger partial charge on any atom is 0.124 e. The molecule has 4 aromatic heterocycles. The molecule has 0 aliphatic carbocycles. The first-order valence-electron chi connectivity index (χ1n) is 29.0. The van der Waals surface area contributed by atoms with Gasteiger partial charge in [0.25, 0.3) is 0 Å². The number of aromatic nitrogens is 6. The SMILES string of the molecule is Cc1[n-]nc(CCCCCN2[CH-]N(c3[c-]cccc3)c3ncccc32)c1-c1cc(C(C)(C)C)cc(C(C)(C)C)c1.Cc1[n-]nc(CCCCCN2[CH-]N(c3[c-]cccc3)c3ncccc32)c1-c1cc(C(C)(C)C)cc(C(C)(C)C)c1.[Pt].[Pt]. The molecule has 10 nitrogen and oxygen atoms in total. The average molecular weight is 1460 g/mol. The van der Waals surface area contributed by atoms with Crippen molar-refractivity contribution in [3.63, 3.8) is 0 Å². The van der Waals surface area contributed by atoms with Gasteiger partial charge in [-0.3, -0.25) is 0 Å². The normalized spacial score (nSPS) is 13.3. The number of fused-ring (bicyclic) bond motifs is 2. The summed E-state index contributed by atoms with van der Waals surface area (Å²) in [6.45, 7) is 37.9. The second-order valence-corrected chi connectivity index (χ2v) is 26.0. The number of para-hydroxylation sites is 2. The molecule has 440 valence electrons. The van der Waals surface area contributed by atoms with Crippen molar-refractivity contribution in [2.75, 3.05) is 32.7 Å². The van der Waals surface area contributed by atoms with Crippen molar-refractivity contribution in [1.29, 1.82) is 0 Å². The molecule has 0 radical (unpaired) electrons. The van der Waals surface area contributed by atoms with Crippen LogP contribution in [-0.4, -0.2) is 33.3 Å². The third kappa shape index (κ3) is 15.1.